The maximum Gasteiger partial charge on any atom is 1.00 e. The zero-order valence-corrected chi connectivity index (χ0v) is 12.5. The second-order valence-electron chi connectivity index (χ2n) is 4.56. The van der Waals surface area contributed by atoms with E-state index in [0.717, 1.165) is 0 Å². The third kappa shape index (κ3) is 8.03. The Labute approximate surface area is 135 Å². The first-order valence-corrected chi connectivity index (χ1v) is 7.39. The van der Waals surface area contributed by atoms with E-state index in [1.807, 2.05) is 0 Å². The molecule has 0 spiro atoms. The molecule has 0 aliphatic heterocycles. The molecule has 3 nitrogen and oxygen atoms in total. The van der Waals surface area contributed by atoms with Crippen LogP contribution in [0.4, 0.5) is 30.7 Å². The van der Waals surface area contributed by atoms with Crippen molar-refractivity contribution in [1.29, 1.82) is 0 Å². The van der Waals surface area contributed by atoms with Crippen LogP contribution in [0.5, 0.6) is 0 Å². The summed E-state index contributed by atoms with van der Waals surface area (Å²) in [6.07, 6.45) is -7.45. The van der Waals surface area contributed by atoms with Gasteiger partial charge in [-0.1, -0.05) is 19.3 Å². The van der Waals surface area contributed by atoms with E-state index < -0.39 is 46.7 Å². The van der Waals surface area contributed by atoms with Gasteiger partial charge in [-0.05, 0) is 12.8 Å². The van der Waals surface area contributed by atoms with Crippen molar-refractivity contribution in [2.24, 2.45) is 0 Å². The van der Waals surface area contributed by atoms with Gasteiger partial charge in [0.2, 0.25) is 0 Å². The number of hydrogen-bond acceptors (Lipinski definition) is 3. The zero-order valence-electron chi connectivity index (χ0n) is 11.7. The summed E-state index contributed by atoms with van der Waals surface area (Å²) in [7, 11) is -6.49. The maximum absolute atomic E-state index is 13.0. The molecule has 0 atom stereocenters. The number of alkyl halides is 7. The van der Waals surface area contributed by atoms with Crippen molar-refractivity contribution < 1.29 is 62.6 Å². The molecule has 0 aromatic rings. The quantitative estimate of drug-likeness (QED) is 0.269. The van der Waals surface area contributed by atoms with Crippen LogP contribution >= 0.6 is 0 Å². The molecule has 0 aromatic carbocycles. The van der Waals surface area contributed by atoms with E-state index in [-0.39, 0.29) is 44.5 Å². The van der Waals surface area contributed by atoms with E-state index in [1.165, 1.54) is 0 Å². The Morgan fingerprint density at radius 3 is 1.45 bits per heavy atom. The molecule has 0 saturated carbocycles. The fourth-order valence-corrected chi connectivity index (χ4v) is 2.00. The van der Waals surface area contributed by atoms with Crippen molar-refractivity contribution >= 4 is 10.1 Å². The van der Waals surface area contributed by atoms with Crippen LogP contribution in [-0.2, 0) is 10.1 Å². The molecule has 0 N–H and O–H groups in total. The van der Waals surface area contributed by atoms with Crippen LogP contribution in [0.2, 0.25) is 0 Å². The van der Waals surface area contributed by atoms with Crippen LogP contribution < -0.4 is 18.9 Å². The van der Waals surface area contributed by atoms with Crippen LogP contribution in [0.25, 0.3) is 0 Å². The minimum absolute atomic E-state index is 0. The Hall–Kier alpha value is 0.0174. The average molecular weight is 354 g/mol. The second kappa shape index (κ2) is 8.75. The molecule has 22 heavy (non-hydrogen) atoms. The Kier molecular flexibility index (Phi) is 9.66. The van der Waals surface area contributed by atoms with Gasteiger partial charge in [0.05, 0.1) is 0 Å². The number of hydrogen-bond donors (Lipinski definition) is 0. The summed E-state index contributed by atoms with van der Waals surface area (Å²) in [5.74, 6) is -5.00. The summed E-state index contributed by atoms with van der Waals surface area (Å²) in [5.41, 5.74) is 0. The summed E-state index contributed by atoms with van der Waals surface area (Å²) < 4.78 is 117. The van der Waals surface area contributed by atoms with Gasteiger partial charge in [0.15, 0.2) is 10.1 Å². The molecule has 12 heteroatoms. The fourth-order valence-electron chi connectivity index (χ4n) is 1.53. The van der Waals surface area contributed by atoms with Gasteiger partial charge in [-0.2, -0.15) is 30.7 Å². The standard InChI is InChI=1S/C10H15F7O3S.Li/c11-8(12,10(16,17)21(18,19)20)6-4-2-1-3-5-7-9(13,14)15;/h1-7H2,(H,18,19,20);/q;+1/p-1. The zero-order chi connectivity index (χ0) is 16.9. The molecule has 0 aromatic heterocycles. The topological polar surface area (TPSA) is 57.2 Å². The van der Waals surface area contributed by atoms with Crippen LogP contribution in [-0.4, -0.2) is 30.3 Å². The smallest absolute Gasteiger partial charge is 0.743 e. The predicted molar refractivity (Wildman–Crippen MR) is 58.0 cm³/mol. The Morgan fingerprint density at radius 2 is 1.09 bits per heavy atom. The monoisotopic (exact) mass is 354 g/mol. The van der Waals surface area contributed by atoms with E-state index in [0.29, 0.717) is 0 Å². The van der Waals surface area contributed by atoms with Gasteiger partial charge in [0.25, 0.3) is 0 Å². The largest absolute Gasteiger partial charge is 1.00 e. The van der Waals surface area contributed by atoms with Gasteiger partial charge in [0, 0.05) is 12.8 Å². The fraction of sp³-hybridized carbons (Fsp3) is 1.00. The first kappa shape index (κ1) is 24.3. The number of rotatable bonds is 9. The van der Waals surface area contributed by atoms with E-state index in [2.05, 4.69) is 0 Å². The summed E-state index contributed by atoms with van der Waals surface area (Å²) in [6, 6.07) is 0. The van der Waals surface area contributed by atoms with Gasteiger partial charge in [-0.25, -0.2) is 8.42 Å². The minimum Gasteiger partial charge on any atom is -0.743 e. The van der Waals surface area contributed by atoms with Gasteiger partial charge < -0.3 is 4.55 Å². The van der Waals surface area contributed by atoms with Gasteiger partial charge >= 0.3 is 36.2 Å². The molecule has 0 fully saturated rings. The molecule has 0 aliphatic rings. The maximum atomic E-state index is 13.0. The van der Waals surface area contributed by atoms with E-state index >= 15 is 0 Å². The van der Waals surface area contributed by atoms with Crippen LogP contribution in [0.1, 0.15) is 44.9 Å². The second-order valence-corrected chi connectivity index (χ2v) is 5.98. The van der Waals surface area contributed by atoms with E-state index in [1.54, 1.807) is 0 Å². The molecule has 0 rings (SSSR count). The summed E-state index contributed by atoms with van der Waals surface area (Å²) in [6.45, 7) is 0. The summed E-state index contributed by atoms with van der Waals surface area (Å²) in [4.78, 5) is 0. The van der Waals surface area contributed by atoms with Crippen molar-refractivity contribution in [2.45, 2.75) is 62.3 Å². The summed E-state index contributed by atoms with van der Waals surface area (Å²) >= 11 is 0. The van der Waals surface area contributed by atoms with Gasteiger partial charge in [-0.3, -0.25) is 0 Å². The van der Waals surface area contributed by atoms with E-state index in [4.69, 9.17) is 0 Å². The van der Waals surface area contributed by atoms with Crippen molar-refractivity contribution in [1.82, 2.24) is 0 Å². The van der Waals surface area contributed by atoms with Crippen molar-refractivity contribution in [2.75, 3.05) is 0 Å². The Bertz CT molecular complexity index is 423. The SMILES string of the molecule is O=S(=O)([O-])C(F)(F)C(F)(F)CCCCCCCC(F)(F)F.[Li+]. The normalized spacial score (nSPS) is 13.8. The first-order chi connectivity index (χ1) is 9.21. The third-order valence-corrected chi connectivity index (χ3v) is 3.62. The predicted octanol–water partition coefficient (Wildman–Crippen LogP) is 1.06. The van der Waals surface area contributed by atoms with Crippen LogP contribution in [0.15, 0.2) is 0 Å². The molecule has 0 aliphatic carbocycles. The number of halogens is 7. The molecule has 0 radical (unpaired) electrons. The third-order valence-electron chi connectivity index (χ3n) is 2.69. The molecular weight excluding hydrogens is 340 g/mol. The number of unbranched alkanes of at least 4 members (excludes halogenated alkanes) is 4. The average Bonchev–Trinajstić information content (AvgIpc) is 2.24. The minimum atomic E-state index is -6.49. The molecule has 0 saturated heterocycles. The van der Waals surface area contributed by atoms with Crippen LogP contribution in [0.3, 0.4) is 0 Å². The first-order valence-electron chi connectivity index (χ1n) is 5.98. The Balaban J connectivity index is 0. The molecule has 128 valence electrons. The molecule has 0 unspecified atom stereocenters. The molecule has 0 bridgehead atoms. The van der Waals surface area contributed by atoms with Crippen molar-refractivity contribution in [3.8, 4) is 0 Å². The molecule has 0 amide bonds. The van der Waals surface area contributed by atoms with E-state index in [9.17, 15) is 43.7 Å². The van der Waals surface area contributed by atoms with Gasteiger partial charge in [-0.15, -0.1) is 0 Å². The van der Waals surface area contributed by atoms with Crippen molar-refractivity contribution in [3.63, 3.8) is 0 Å². The van der Waals surface area contributed by atoms with Crippen molar-refractivity contribution in [3.05, 3.63) is 0 Å². The summed E-state index contributed by atoms with van der Waals surface area (Å²) in [5, 5.41) is -5.70. The van der Waals surface area contributed by atoms with Crippen LogP contribution in [0, 0.1) is 0 Å². The van der Waals surface area contributed by atoms with Gasteiger partial charge in [0.1, 0.15) is 0 Å². The Morgan fingerprint density at radius 1 is 0.727 bits per heavy atom. The molecular formula is C10H14F7LiO3S. The molecule has 0 heterocycles.